The van der Waals surface area contributed by atoms with Crippen LogP contribution in [0.25, 0.3) is 0 Å². The largest absolute Gasteiger partial charge is 0.447 e. The highest BCUT2D eigenvalue weighted by Crippen LogP contribution is 2.40. The van der Waals surface area contributed by atoms with Gasteiger partial charge < -0.3 is 4.74 Å². The van der Waals surface area contributed by atoms with Crippen LogP contribution in [0.5, 0.6) is 0 Å². The molecule has 7 heteroatoms. The van der Waals surface area contributed by atoms with Crippen molar-refractivity contribution in [3.8, 4) is 0 Å². The van der Waals surface area contributed by atoms with Crippen LogP contribution >= 0.6 is 11.6 Å². The molecule has 0 radical (unpaired) electrons. The molecule has 4 rings (SSSR count). The third-order valence-electron chi connectivity index (χ3n) is 4.59. The van der Waals surface area contributed by atoms with E-state index in [9.17, 15) is 9.59 Å². The van der Waals surface area contributed by atoms with Crippen molar-refractivity contribution in [1.29, 1.82) is 0 Å². The zero-order valence-corrected chi connectivity index (χ0v) is 14.6. The maximum atomic E-state index is 13.0. The average Bonchev–Trinajstić information content (AvgIpc) is 3.29. The molecular weight excluding hydrogens is 356 g/mol. The van der Waals surface area contributed by atoms with E-state index in [2.05, 4.69) is 0 Å². The molecule has 0 aromatic heterocycles. The number of carbonyl (C=O) groups excluding carboxylic acids is 2. The minimum atomic E-state index is -0.594. The molecule has 2 saturated heterocycles. The Morgan fingerprint density at radius 2 is 1.81 bits per heavy atom. The van der Waals surface area contributed by atoms with Crippen LogP contribution in [-0.2, 0) is 14.4 Å². The van der Waals surface area contributed by atoms with Gasteiger partial charge in [-0.15, -0.1) is 0 Å². The Hall–Kier alpha value is -2.57. The molecule has 2 aliphatic heterocycles. The molecule has 0 N–H and O–H groups in total. The fourth-order valence-electron chi connectivity index (χ4n) is 3.33. The van der Waals surface area contributed by atoms with Crippen LogP contribution in [0.3, 0.4) is 0 Å². The summed E-state index contributed by atoms with van der Waals surface area (Å²) in [6.07, 6.45) is -0.594. The fraction of sp³-hybridized carbons (Fsp3) is 0.263. The zero-order valence-electron chi connectivity index (χ0n) is 13.9. The van der Waals surface area contributed by atoms with Crippen molar-refractivity contribution < 1.29 is 19.2 Å². The van der Waals surface area contributed by atoms with E-state index < -0.39 is 12.0 Å². The highest BCUT2D eigenvalue weighted by atomic mass is 35.5. The van der Waals surface area contributed by atoms with Crippen molar-refractivity contribution in [3.63, 3.8) is 0 Å². The van der Waals surface area contributed by atoms with Gasteiger partial charge in [0.2, 0.25) is 5.91 Å². The minimum absolute atomic E-state index is 0.185. The molecule has 2 aromatic rings. The number of benzene rings is 2. The molecule has 2 heterocycles. The highest BCUT2D eigenvalue weighted by Gasteiger charge is 2.45. The fourth-order valence-corrected chi connectivity index (χ4v) is 3.46. The second-order valence-electron chi connectivity index (χ2n) is 6.16. The summed E-state index contributed by atoms with van der Waals surface area (Å²) in [4.78, 5) is 31.8. The van der Waals surface area contributed by atoms with Gasteiger partial charge in [0, 0.05) is 5.02 Å². The summed E-state index contributed by atoms with van der Waals surface area (Å²) < 4.78 is 4.91. The standard InChI is InChI=1S/C19H17ClN2O4/c20-14-8-6-13(7-9-14)17-16(18(23)21-10-11-25-19(21)24)12-26-22(17)15-4-2-1-3-5-15/h1-9,16-17H,10-12H2/t16-,17+/m1/s1. The minimum Gasteiger partial charge on any atom is -0.447 e. The van der Waals surface area contributed by atoms with Gasteiger partial charge in [-0.25, -0.2) is 14.8 Å². The average molecular weight is 373 g/mol. The first-order chi connectivity index (χ1) is 12.6. The maximum Gasteiger partial charge on any atom is 0.416 e. The first-order valence-electron chi connectivity index (χ1n) is 8.36. The number of carbonyl (C=O) groups is 2. The number of hydrogen-bond donors (Lipinski definition) is 0. The van der Waals surface area contributed by atoms with Gasteiger partial charge >= 0.3 is 6.09 Å². The topological polar surface area (TPSA) is 59.1 Å². The van der Waals surface area contributed by atoms with Crippen molar-refractivity contribution in [3.05, 3.63) is 65.2 Å². The molecule has 2 aromatic carbocycles. The first-order valence-corrected chi connectivity index (χ1v) is 8.74. The Morgan fingerprint density at radius 1 is 1.08 bits per heavy atom. The van der Waals surface area contributed by atoms with Crippen molar-refractivity contribution in [2.75, 3.05) is 24.8 Å². The van der Waals surface area contributed by atoms with Gasteiger partial charge in [0.1, 0.15) is 6.61 Å². The third-order valence-corrected chi connectivity index (χ3v) is 4.85. The summed E-state index contributed by atoms with van der Waals surface area (Å²) in [6, 6.07) is 16.5. The summed E-state index contributed by atoms with van der Waals surface area (Å²) >= 11 is 6.01. The van der Waals surface area contributed by atoms with Gasteiger partial charge in [-0.1, -0.05) is 41.9 Å². The van der Waals surface area contributed by atoms with E-state index in [1.54, 1.807) is 17.2 Å². The Labute approximate surface area is 155 Å². The van der Waals surface area contributed by atoms with E-state index in [-0.39, 0.29) is 31.7 Å². The normalized spacial score (nSPS) is 22.6. The quantitative estimate of drug-likeness (QED) is 0.826. The van der Waals surface area contributed by atoms with E-state index in [1.165, 1.54) is 0 Å². The monoisotopic (exact) mass is 372 g/mol. The van der Waals surface area contributed by atoms with Crippen LogP contribution in [0.2, 0.25) is 5.02 Å². The molecule has 2 fully saturated rings. The van der Waals surface area contributed by atoms with E-state index in [0.717, 1.165) is 16.2 Å². The number of imide groups is 1. The number of para-hydroxylation sites is 1. The molecule has 26 heavy (non-hydrogen) atoms. The van der Waals surface area contributed by atoms with E-state index in [1.807, 2.05) is 42.5 Å². The molecule has 0 bridgehead atoms. The van der Waals surface area contributed by atoms with Gasteiger partial charge in [-0.3, -0.25) is 9.63 Å². The molecule has 0 spiro atoms. The van der Waals surface area contributed by atoms with Crippen LogP contribution in [0.15, 0.2) is 54.6 Å². The van der Waals surface area contributed by atoms with Crippen LogP contribution in [0.4, 0.5) is 10.5 Å². The number of nitrogens with zero attached hydrogens (tertiary/aromatic N) is 2. The molecular formula is C19H17ClN2O4. The highest BCUT2D eigenvalue weighted by molar-refractivity contribution is 6.30. The summed E-state index contributed by atoms with van der Waals surface area (Å²) in [5.41, 5.74) is 1.73. The lowest BCUT2D eigenvalue weighted by molar-refractivity contribution is -0.132. The van der Waals surface area contributed by atoms with Gasteiger partial charge in [-0.05, 0) is 29.8 Å². The Kier molecular flexibility index (Phi) is 4.53. The second-order valence-corrected chi connectivity index (χ2v) is 6.60. The lowest BCUT2D eigenvalue weighted by Crippen LogP contribution is -2.40. The van der Waals surface area contributed by atoms with E-state index >= 15 is 0 Å². The lowest BCUT2D eigenvalue weighted by atomic mass is 9.92. The first kappa shape index (κ1) is 16.9. The van der Waals surface area contributed by atoms with Gasteiger partial charge in [0.05, 0.1) is 30.8 Å². The van der Waals surface area contributed by atoms with Crippen LogP contribution in [-0.4, -0.2) is 36.7 Å². The number of anilines is 1. The molecule has 0 unspecified atom stereocenters. The van der Waals surface area contributed by atoms with Crippen LogP contribution < -0.4 is 5.06 Å². The zero-order chi connectivity index (χ0) is 18.1. The summed E-state index contributed by atoms with van der Waals surface area (Å²) in [5, 5.41) is 2.35. The van der Waals surface area contributed by atoms with Gasteiger partial charge in [0.25, 0.3) is 0 Å². The number of hydroxylamine groups is 1. The SMILES string of the molecule is O=C1OCCN1C(=O)[C@@H]1CON(c2ccccc2)[C@H]1c1ccc(Cl)cc1. The Balaban J connectivity index is 1.70. The smallest absolute Gasteiger partial charge is 0.416 e. The molecule has 0 saturated carbocycles. The van der Waals surface area contributed by atoms with Crippen molar-refractivity contribution in [2.24, 2.45) is 5.92 Å². The summed E-state index contributed by atoms with van der Waals surface area (Å²) in [7, 11) is 0. The number of amides is 2. The predicted octanol–water partition coefficient (Wildman–Crippen LogP) is 3.43. The molecule has 0 aliphatic carbocycles. The third kappa shape index (κ3) is 3.02. The van der Waals surface area contributed by atoms with Crippen LogP contribution in [0.1, 0.15) is 11.6 Å². The number of hydrogen-bond acceptors (Lipinski definition) is 5. The van der Waals surface area contributed by atoms with E-state index in [4.69, 9.17) is 21.2 Å². The Morgan fingerprint density at radius 3 is 2.46 bits per heavy atom. The molecule has 2 aliphatic rings. The summed E-state index contributed by atoms with van der Waals surface area (Å²) in [6.45, 7) is 0.684. The van der Waals surface area contributed by atoms with Crippen molar-refractivity contribution in [1.82, 2.24) is 4.90 Å². The van der Waals surface area contributed by atoms with Gasteiger partial charge in [-0.2, -0.15) is 0 Å². The number of halogens is 1. The number of rotatable bonds is 3. The number of ether oxygens (including phenoxy) is 1. The van der Waals surface area contributed by atoms with Gasteiger partial charge in [0.15, 0.2) is 0 Å². The molecule has 134 valence electrons. The van der Waals surface area contributed by atoms with Crippen molar-refractivity contribution >= 4 is 29.3 Å². The Bertz CT molecular complexity index is 812. The van der Waals surface area contributed by atoms with Crippen molar-refractivity contribution in [2.45, 2.75) is 6.04 Å². The maximum absolute atomic E-state index is 13.0. The molecule has 6 nitrogen and oxygen atoms in total. The predicted molar refractivity (Wildman–Crippen MR) is 95.6 cm³/mol. The molecule has 2 amide bonds. The molecule has 2 atom stereocenters. The lowest BCUT2D eigenvalue weighted by Gasteiger charge is -2.28. The summed E-state index contributed by atoms with van der Waals surface area (Å²) in [5.74, 6) is -0.812. The van der Waals surface area contributed by atoms with Crippen LogP contribution in [0, 0.1) is 5.92 Å². The second kappa shape index (κ2) is 6.97. The van der Waals surface area contributed by atoms with E-state index in [0.29, 0.717) is 5.02 Å². The number of cyclic esters (lactones) is 1.